The Kier molecular flexibility index (Phi) is 3.47. The van der Waals surface area contributed by atoms with E-state index in [1.54, 1.807) is 6.07 Å². The van der Waals surface area contributed by atoms with Gasteiger partial charge in [-0.2, -0.15) is 0 Å². The van der Waals surface area contributed by atoms with Crippen molar-refractivity contribution in [2.45, 2.75) is 6.54 Å². The van der Waals surface area contributed by atoms with E-state index in [9.17, 15) is 4.79 Å². The highest BCUT2D eigenvalue weighted by molar-refractivity contribution is 9.10. The van der Waals surface area contributed by atoms with Gasteiger partial charge >= 0.3 is 5.76 Å². The molecule has 0 atom stereocenters. The number of nitrogens with zero attached hydrogens (tertiary/aromatic N) is 1. The molecule has 0 radical (unpaired) electrons. The predicted octanol–water partition coefficient (Wildman–Crippen LogP) is 3.10. The molecule has 0 amide bonds. The molecular weight excluding hydrogens is 334 g/mol. The molecule has 21 heavy (non-hydrogen) atoms. The first kappa shape index (κ1) is 13.8. The summed E-state index contributed by atoms with van der Waals surface area (Å²) in [5.74, 6) is -0.477. The van der Waals surface area contributed by atoms with E-state index in [1.165, 1.54) is 0 Å². The molecule has 3 rings (SSSR count). The highest BCUT2D eigenvalue weighted by Crippen LogP contribution is 2.29. The molecule has 0 bridgehead atoms. The average Bonchev–Trinajstić information content (AvgIpc) is 2.79. The number of nitrogens with two attached hydrogens (primary N) is 1. The van der Waals surface area contributed by atoms with Crippen molar-refractivity contribution in [2.24, 2.45) is 0 Å². The molecular formula is C15H14BrN3O2. The molecule has 1 aromatic heterocycles. The molecule has 0 fully saturated rings. The van der Waals surface area contributed by atoms with Crippen LogP contribution in [0, 0.1) is 0 Å². The molecule has 0 saturated heterocycles. The maximum Gasteiger partial charge on any atom is 0.417 e. The van der Waals surface area contributed by atoms with E-state index < -0.39 is 5.76 Å². The van der Waals surface area contributed by atoms with Gasteiger partial charge in [-0.3, -0.25) is 4.98 Å². The molecule has 108 valence electrons. The molecule has 0 aliphatic carbocycles. The van der Waals surface area contributed by atoms with Gasteiger partial charge in [0.25, 0.3) is 0 Å². The van der Waals surface area contributed by atoms with Crippen molar-refractivity contribution in [1.29, 1.82) is 0 Å². The summed E-state index contributed by atoms with van der Waals surface area (Å²) >= 11 is 3.54. The standard InChI is InChI=1S/C15H14BrN3O2/c1-19(8-9-4-2-3-5-10(9)16)13-7-12-14(6-11(13)17)21-15(20)18-12/h2-7H,8,17H2,1H3,(H,18,20). The van der Waals surface area contributed by atoms with E-state index in [1.807, 2.05) is 36.2 Å². The Morgan fingerprint density at radius 1 is 1.33 bits per heavy atom. The van der Waals surface area contributed by atoms with E-state index >= 15 is 0 Å². The second-order valence-corrected chi connectivity index (χ2v) is 5.72. The summed E-state index contributed by atoms with van der Waals surface area (Å²) in [4.78, 5) is 15.9. The lowest BCUT2D eigenvalue weighted by Gasteiger charge is -2.21. The van der Waals surface area contributed by atoms with Crippen LogP contribution < -0.4 is 16.4 Å². The van der Waals surface area contributed by atoms with Gasteiger partial charge in [0.05, 0.1) is 16.9 Å². The Labute approximate surface area is 129 Å². The molecule has 2 aromatic carbocycles. The number of H-pyrrole nitrogens is 1. The molecule has 0 unspecified atom stereocenters. The minimum atomic E-state index is -0.477. The van der Waals surface area contributed by atoms with Crippen molar-refractivity contribution in [3.63, 3.8) is 0 Å². The average molecular weight is 348 g/mol. The van der Waals surface area contributed by atoms with E-state index in [-0.39, 0.29) is 0 Å². The van der Waals surface area contributed by atoms with Gasteiger partial charge in [0.15, 0.2) is 5.58 Å². The van der Waals surface area contributed by atoms with Crippen LogP contribution in [0.1, 0.15) is 5.56 Å². The molecule has 0 aliphatic heterocycles. The number of aromatic amines is 1. The SMILES string of the molecule is CN(Cc1ccccc1Br)c1cc2[nH]c(=O)oc2cc1N. The highest BCUT2D eigenvalue weighted by Gasteiger charge is 2.11. The molecule has 5 nitrogen and oxygen atoms in total. The molecule has 1 heterocycles. The van der Waals surface area contributed by atoms with Crippen LogP contribution in [0.25, 0.3) is 11.1 Å². The number of oxazole rings is 1. The monoisotopic (exact) mass is 347 g/mol. The summed E-state index contributed by atoms with van der Waals surface area (Å²) < 4.78 is 6.05. The van der Waals surface area contributed by atoms with Crippen LogP contribution in [0.2, 0.25) is 0 Å². The fourth-order valence-corrected chi connectivity index (χ4v) is 2.71. The zero-order valence-electron chi connectivity index (χ0n) is 11.4. The van der Waals surface area contributed by atoms with Gasteiger partial charge in [-0.1, -0.05) is 34.1 Å². The highest BCUT2D eigenvalue weighted by atomic mass is 79.9. The molecule has 0 saturated carbocycles. The summed E-state index contributed by atoms with van der Waals surface area (Å²) in [5.41, 5.74) is 9.73. The third-order valence-corrected chi connectivity index (χ3v) is 4.12. The summed E-state index contributed by atoms with van der Waals surface area (Å²) in [6.07, 6.45) is 0. The van der Waals surface area contributed by atoms with Gasteiger partial charge in [0.2, 0.25) is 0 Å². The fourth-order valence-electron chi connectivity index (χ4n) is 2.30. The Balaban J connectivity index is 1.97. The minimum absolute atomic E-state index is 0.468. The number of halogens is 1. The van der Waals surface area contributed by atoms with Crippen LogP contribution in [0.3, 0.4) is 0 Å². The summed E-state index contributed by atoms with van der Waals surface area (Å²) in [6.45, 7) is 0.694. The van der Waals surface area contributed by atoms with Crippen molar-refractivity contribution >= 4 is 38.4 Å². The van der Waals surface area contributed by atoms with E-state index in [2.05, 4.69) is 27.0 Å². The van der Waals surface area contributed by atoms with Crippen molar-refractivity contribution in [1.82, 2.24) is 4.98 Å². The quantitative estimate of drug-likeness (QED) is 0.714. The van der Waals surface area contributed by atoms with Crippen molar-refractivity contribution < 1.29 is 4.42 Å². The molecule has 6 heteroatoms. The second-order valence-electron chi connectivity index (χ2n) is 4.87. The van der Waals surface area contributed by atoms with Gasteiger partial charge in [-0.25, -0.2) is 4.79 Å². The number of aromatic nitrogens is 1. The lowest BCUT2D eigenvalue weighted by Crippen LogP contribution is -2.18. The zero-order valence-corrected chi connectivity index (χ0v) is 13.0. The smallest absolute Gasteiger partial charge is 0.408 e. The van der Waals surface area contributed by atoms with Gasteiger partial charge in [-0.05, 0) is 17.7 Å². The third kappa shape index (κ3) is 2.67. The van der Waals surface area contributed by atoms with Crippen molar-refractivity contribution in [3.05, 3.63) is 57.0 Å². The first-order valence-electron chi connectivity index (χ1n) is 6.41. The van der Waals surface area contributed by atoms with Gasteiger partial charge < -0.3 is 15.1 Å². The fraction of sp³-hybridized carbons (Fsp3) is 0.133. The van der Waals surface area contributed by atoms with E-state index in [0.717, 1.165) is 15.7 Å². The largest absolute Gasteiger partial charge is 0.417 e. The number of nitrogens with one attached hydrogen (secondary N) is 1. The van der Waals surface area contributed by atoms with Crippen LogP contribution in [-0.2, 0) is 6.54 Å². The molecule has 3 N–H and O–H groups in total. The Hall–Kier alpha value is -2.21. The normalized spacial score (nSPS) is 11.0. The van der Waals surface area contributed by atoms with Crippen LogP contribution in [0.5, 0.6) is 0 Å². The predicted molar refractivity (Wildman–Crippen MR) is 87.5 cm³/mol. The van der Waals surface area contributed by atoms with Crippen LogP contribution >= 0.6 is 15.9 Å². The second kappa shape index (κ2) is 5.29. The summed E-state index contributed by atoms with van der Waals surface area (Å²) in [7, 11) is 1.95. The lowest BCUT2D eigenvalue weighted by atomic mass is 10.2. The maximum atomic E-state index is 11.2. The number of benzene rings is 2. The third-order valence-electron chi connectivity index (χ3n) is 3.34. The number of nitrogen functional groups attached to an aromatic ring is 1. The van der Waals surface area contributed by atoms with Crippen LogP contribution in [-0.4, -0.2) is 12.0 Å². The molecule has 3 aromatic rings. The number of fused-ring (bicyclic) bond motifs is 1. The Bertz CT molecular complexity index is 853. The Morgan fingerprint density at radius 3 is 2.86 bits per heavy atom. The van der Waals surface area contributed by atoms with Crippen LogP contribution in [0.15, 0.2) is 50.1 Å². The number of hydrogen-bond acceptors (Lipinski definition) is 4. The summed E-state index contributed by atoms with van der Waals surface area (Å²) in [6, 6.07) is 11.5. The first-order chi connectivity index (χ1) is 10.0. The van der Waals surface area contributed by atoms with E-state index in [0.29, 0.717) is 23.3 Å². The number of rotatable bonds is 3. The molecule has 0 spiro atoms. The number of hydrogen-bond donors (Lipinski definition) is 2. The maximum absolute atomic E-state index is 11.2. The minimum Gasteiger partial charge on any atom is -0.408 e. The first-order valence-corrected chi connectivity index (χ1v) is 7.21. The van der Waals surface area contributed by atoms with Crippen LogP contribution in [0.4, 0.5) is 11.4 Å². The summed E-state index contributed by atoms with van der Waals surface area (Å²) in [5, 5.41) is 0. The molecule has 0 aliphatic rings. The van der Waals surface area contributed by atoms with Crippen molar-refractivity contribution in [2.75, 3.05) is 17.7 Å². The van der Waals surface area contributed by atoms with Gasteiger partial charge in [0.1, 0.15) is 0 Å². The number of anilines is 2. The van der Waals surface area contributed by atoms with E-state index in [4.69, 9.17) is 10.2 Å². The Morgan fingerprint density at radius 2 is 2.10 bits per heavy atom. The van der Waals surface area contributed by atoms with Gasteiger partial charge in [-0.15, -0.1) is 0 Å². The zero-order chi connectivity index (χ0) is 15.0. The van der Waals surface area contributed by atoms with Gasteiger partial charge in [0, 0.05) is 24.1 Å². The topological polar surface area (TPSA) is 75.3 Å². The van der Waals surface area contributed by atoms with Crippen molar-refractivity contribution in [3.8, 4) is 0 Å². The lowest BCUT2D eigenvalue weighted by molar-refractivity contribution is 0.555.